The van der Waals surface area contributed by atoms with Crippen LogP contribution in [0.3, 0.4) is 0 Å². The highest BCUT2D eigenvalue weighted by molar-refractivity contribution is 6.30. The first-order valence-corrected chi connectivity index (χ1v) is 10.1. The fourth-order valence-corrected chi connectivity index (χ4v) is 3.27. The van der Waals surface area contributed by atoms with Gasteiger partial charge in [-0.05, 0) is 48.5 Å². The zero-order valence-electron chi connectivity index (χ0n) is 17.1. The molecule has 0 spiro atoms. The third-order valence-electron chi connectivity index (χ3n) is 4.64. The van der Waals surface area contributed by atoms with E-state index in [1.54, 1.807) is 90.8 Å². The molecule has 0 atom stereocenters. The van der Waals surface area contributed by atoms with Gasteiger partial charge in [0.1, 0.15) is 5.75 Å². The molecule has 0 aliphatic carbocycles. The monoisotopic (exact) mass is 446 g/mol. The van der Waals surface area contributed by atoms with Gasteiger partial charge in [0.2, 0.25) is 0 Å². The number of nitrogens with one attached hydrogen (secondary N) is 2. The number of anilines is 2. The maximum absolute atomic E-state index is 12.8. The van der Waals surface area contributed by atoms with Crippen molar-refractivity contribution in [3.63, 3.8) is 0 Å². The Bertz CT molecular complexity index is 1290. The van der Waals surface area contributed by atoms with Crippen molar-refractivity contribution in [2.24, 2.45) is 0 Å². The third-order valence-corrected chi connectivity index (χ3v) is 4.88. The minimum atomic E-state index is -0.438. The Hall–Kier alpha value is -4.10. The Kier molecular flexibility index (Phi) is 6.19. The SMILES string of the molecule is COc1cccc(NC(=O)c2ccccc2NC(=O)c2ccn(-c3cccc(Cl)c3)n2)c1. The molecule has 4 rings (SSSR count). The van der Waals surface area contributed by atoms with Crippen LogP contribution in [0.5, 0.6) is 5.75 Å². The molecule has 0 aliphatic rings. The number of amides is 2. The topological polar surface area (TPSA) is 85.3 Å². The molecular weight excluding hydrogens is 428 g/mol. The van der Waals surface area contributed by atoms with Gasteiger partial charge in [0.25, 0.3) is 11.8 Å². The molecule has 7 nitrogen and oxygen atoms in total. The van der Waals surface area contributed by atoms with Gasteiger partial charge < -0.3 is 15.4 Å². The van der Waals surface area contributed by atoms with Crippen LogP contribution in [-0.2, 0) is 0 Å². The number of aromatic nitrogens is 2. The predicted octanol–water partition coefficient (Wildman–Crippen LogP) is 5.04. The first-order chi connectivity index (χ1) is 15.5. The van der Waals surface area contributed by atoms with E-state index in [9.17, 15) is 9.59 Å². The number of carbonyl (C=O) groups is 2. The van der Waals surface area contributed by atoms with Crippen LogP contribution in [0.1, 0.15) is 20.8 Å². The lowest BCUT2D eigenvalue weighted by atomic mass is 10.1. The second-order valence-electron chi connectivity index (χ2n) is 6.81. The highest BCUT2D eigenvalue weighted by Gasteiger charge is 2.16. The van der Waals surface area contributed by atoms with Crippen LogP contribution < -0.4 is 15.4 Å². The summed E-state index contributed by atoms with van der Waals surface area (Å²) in [5.74, 6) is -0.175. The summed E-state index contributed by atoms with van der Waals surface area (Å²) in [6, 6.07) is 22.5. The van der Waals surface area contributed by atoms with E-state index in [0.29, 0.717) is 27.7 Å². The van der Waals surface area contributed by atoms with Crippen LogP contribution in [0.4, 0.5) is 11.4 Å². The van der Waals surface area contributed by atoms with Crippen LogP contribution >= 0.6 is 11.6 Å². The number of nitrogens with zero attached hydrogens (tertiary/aromatic N) is 2. The molecule has 0 saturated heterocycles. The summed E-state index contributed by atoms with van der Waals surface area (Å²) in [7, 11) is 1.56. The molecule has 4 aromatic rings. The fourth-order valence-electron chi connectivity index (χ4n) is 3.08. The van der Waals surface area contributed by atoms with E-state index in [-0.39, 0.29) is 11.6 Å². The molecule has 8 heteroatoms. The molecule has 2 amide bonds. The van der Waals surface area contributed by atoms with Crippen molar-refractivity contribution in [3.05, 3.63) is 101 Å². The second-order valence-corrected chi connectivity index (χ2v) is 7.25. The Morgan fingerprint density at radius 3 is 2.53 bits per heavy atom. The van der Waals surface area contributed by atoms with Crippen molar-refractivity contribution in [3.8, 4) is 11.4 Å². The van der Waals surface area contributed by atoms with E-state index in [4.69, 9.17) is 16.3 Å². The lowest BCUT2D eigenvalue weighted by Crippen LogP contribution is -2.18. The van der Waals surface area contributed by atoms with Gasteiger partial charge in [-0.2, -0.15) is 5.10 Å². The van der Waals surface area contributed by atoms with Crippen LogP contribution in [0, 0.1) is 0 Å². The lowest BCUT2D eigenvalue weighted by molar-refractivity contribution is 0.102. The third kappa shape index (κ3) is 4.79. The van der Waals surface area contributed by atoms with E-state index in [1.807, 2.05) is 6.07 Å². The number of hydrogen-bond acceptors (Lipinski definition) is 4. The molecule has 0 fully saturated rings. The van der Waals surface area contributed by atoms with E-state index < -0.39 is 5.91 Å². The smallest absolute Gasteiger partial charge is 0.276 e. The standard InChI is InChI=1S/C24H19ClN4O3/c1-32-19-9-5-7-17(15-19)26-23(30)20-10-2-3-11-21(20)27-24(31)22-12-13-29(28-22)18-8-4-6-16(25)14-18/h2-15H,1H3,(H,26,30)(H,27,31). The predicted molar refractivity (Wildman–Crippen MR) is 124 cm³/mol. The molecule has 32 heavy (non-hydrogen) atoms. The number of benzene rings is 3. The van der Waals surface area contributed by atoms with Gasteiger partial charge in [0, 0.05) is 23.0 Å². The van der Waals surface area contributed by atoms with Crippen molar-refractivity contribution < 1.29 is 14.3 Å². The molecule has 1 heterocycles. The van der Waals surface area contributed by atoms with E-state index >= 15 is 0 Å². The summed E-state index contributed by atoms with van der Waals surface area (Å²) in [4.78, 5) is 25.6. The van der Waals surface area contributed by atoms with Crippen molar-refractivity contribution in [1.82, 2.24) is 9.78 Å². The average molecular weight is 447 g/mol. The number of ether oxygens (including phenoxy) is 1. The highest BCUT2D eigenvalue weighted by Crippen LogP contribution is 2.21. The largest absolute Gasteiger partial charge is 0.497 e. The summed E-state index contributed by atoms with van der Waals surface area (Å²) in [5.41, 5.74) is 2.20. The summed E-state index contributed by atoms with van der Waals surface area (Å²) < 4.78 is 6.74. The number of hydrogen-bond donors (Lipinski definition) is 2. The number of para-hydroxylation sites is 1. The van der Waals surface area contributed by atoms with Gasteiger partial charge in [0.15, 0.2) is 5.69 Å². The molecule has 0 saturated carbocycles. The lowest BCUT2D eigenvalue weighted by Gasteiger charge is -2.11. The van der Waals surface area contributed by atoms with Crippen LogP contribution in [-0.4, -0.2) is 28.7 Å². The van der Waals surface area contributed by atoms with Crippen LogP contribution in [0.25, 0.3) is 5.69 Å². The van der Waals surface area contributed by atoms with Gasteiger partial charge in [0.05, 0.1) is 24.0 Å². The maximum Gasteiger partial charge on any atom is 0.276 e. The van der Waals surface area contributed by atoms with Gasteiger partial charge in [-0.25, -0.2) is 4.68 Å². The second kappa shape index (κ2) is 9.36. The first kappa shape index (κ1) is 21.1. The van der Waals surface area contributed by atoms with E-state index in [1.165, 1.54) is 0 Å². The van der Waals surface area contributed by atoms with Crippen molar-refractivity contribution in [2.75, 3.05) is 17.7 Å². The Morgan fingerprint density at radius 2 is 1.72 bits per heavy atom. The normalized spacial score (nSPS) is 10.4. The van der Waals surface area contributed by atoms with E-state index in [2.05, 4.69) is 15.7 Å². The molecule has 0 bridgehead atoms. The Labute approximate surface area is 189 Å². The number of halogens is 1. The molecule has 0 radical (unpaired) electrons. The quantitative estimate of drug-likeness (QED) is 0.434. The van der Waals surface area contributed by atoms with Crippen LogP contribution in [0.2, 0.25) is 5.02 Å². The molecule has 0 unspecified atom stereocenters. The molecule has 2 N–H and O–H groups in total. The summed E-state index contributed by atoms with van der Waals surface area (Å²) >= 11 is 6.03. The number of methoxy groups -OCH3 is 1. The first-order valence-electron chi connectivity index (χ1n) is 9.71. The minimum Gasteiger partial charge on any atom is -0.497 e. The molecule has 1 aromatic heterocycles. The summed E-state index contributed by atoms with van der Waals surface area (Å²) in [6.45, 7) is 0. The number of rotatable bonds is 6. The van der Waals surface area contributed by atoms with Gasteiger partial charge in [-0.15, -0.1) is 0 Å². The maximum atomic E-state index is 12.8. The van der Waals surface area contributed by atoms with Crippen molar-refractivity contribution in [2.45, 2.75) is 0 Å². The van der Waals surface area contributed by atoms with Crippen LogP contribution in [0.15, 0.2) is 85.1 Å². The molecule has 0 aliphatic heterocycles. The summed E-state index contributed by atoms with van der Waals surface area (Å²) in [6.07, 6.45) is 1.67. The fraction of sp³-hybridized carbons (Fsp3) is 0.0417. The Morgan fingerprint density at radius 1 is 0.906 bits per heavy atom. The summed E-state index contributed by atoms with van der Waals surface area (Å²) in [5, 5.41) is 10.5. The van der Waals surface area contributed by atoms with Gasteiger partial charge in [-0.3, -0.25) is 9.59 Å². The highest BCUT2D eigenvalue weighted by atomic mass is 35.5. The Balaban J connectivity index is 1.52. The minimum absolute atomic E-state index is 0.202. The zero-order valence-corrected chi connectivity index (χ0v) is 17.8. The van der Waals surface area contributed by atoms with Crippen molar-refractivity contribution >= 4 is 34.8 Å². The van der Waals surface area contributed by atoms with Gasteiger partial charge >= 0.3 is 0 Å². The number of carbonyl (C=O) groups excluding carboxylic acids is 2. The van der Waals surface area contributed by atoms with Crippen molar-refractivity contribution in [1.29, 1.82) is 0 Å². The molecular formula is C24H19ClN4O3. The molecule has 160 valence electrons. The van der Waals surface area contributed by atoms with E-state index in [0.717, 1.165) is 5.69 Å². The average Bonchev–Trinajstić information content (AvgIpc) is 3.30. The molecule has 3 aromatic carbocycles. The van der Waals surface area contributed by atoms with Gasteiger partial charge in [-0.1, -0.05) is 35.9 Å². The zero-order chi connectivity index (χ0) is 22.5.